The molecule has 1 saturated heterocycles. The van der Waals surface area contributed by atoms with Crippen LogP contribution in [0.25, 0.3) is 0 Å². The molecule has 0 aromatic heterocycles. The van der Waals surface area contributed by atoms with Gasteiger partial charge in [0, 0.05) is 36.8 Å². The zero-order valence-corrected chi connectivity index (χ0v) is 17.4. The highest BCUT2D eigenvalue weighted by Gasteiger charge is 2.27. The van der Waals surface area contributed by atoms with Crippen LogP contribution in [0.2, 0.25) is 0 Å². The second-order valence-corrected chi connectivity index (χ2v) is 7.80. The lowest BCUT2D eigenvalue weighted by molar-refractivity contribution is -0.126. The minimum absolute atomic E-state index is 0.0420. The van der Waals surface area contributed by atoms with Crippen LogP contribution < -0.4 is 15.4 Å². The summed E-state index contributed by atoms with van der Waals surface area (Å²) in [6.07, 6.45) is 1.32. The summed E-state index contributed by atoms with van der Waals surface area (Å²) in [4.78, 5) is 26.4. The molecule has 0 saturated carbocycles. The fourth-order valence-electron chi connectivity index (χ4n) is 3.36. The van der Waals surface area contributed by atoms with E-state index < -0.39 is 0 Å². The van der Waals surface area contributed by atoms with Crippen molar-refractivity contribution in [1.82, 2.24) is 10.2 Å². The normalized spacial score (nSPS) is 14.5. The Bertz CT molecular complexity index is 862. The van der Waals surface area contributed by atoms with E-state index >= 15 is 0 Å². The zero-order valence-electron chi connectivity index (χ0n) is 17.4. The number of ether oxygens (including phenoxy) is 1. The van der Waals surface area contributed by atoms with Crippen molar-refractivity contribution in [2.45, 2.75) is 39.3 Å². The first-order chi connectivity index (χ1) is 14.4. The minimum atomic E-state index is -0.284. The van der Waals surface area contributed by atoms with E-state index in [4.69, 9.17) is 4.74 Å². The van der Waals surface area contributed by atoms with Crippen LogP contribution >= 0.6 is 0 Å². The van der Waals surface area contributed by atoms with Crippen molar-refractivity contribution in [3.8, 4) is 5.75 Å². The monoisotopic (exact) mass is 413 g/mol. The van der Waals surface area contributed by atoms with Gasteiger partial charge in [0.05, 0.1) is 0 Å². The fraction of sp³-hybridized carbons (Fsp3) is 0.391. The van der Waals surface area contributed by atoms with Crippen molar-refractivity contribution >= 4 is 17.6 Å². The molecule has 2 aromatic carbocycles. The van der Waals surface area contributed by atoms with Crippen LogP contribution in [-0.4, -0.2) is 36.0 Å². The molecule has 30 heavy (non-hydrogen) atoms. The SMILES string of the molecule is CC(C)NC(=O)C1CCN(C(=O)Nc2cccc(OCc3ccc(F)cc3)c2)CC1. The second kappa shape index (κ2) is 10.1. The van der Waals surface area contributed by atoms with Crippen LogP contribution in [-0.2, 0) is 11.4 Å². The maximum atomic E-state index is 13.0. The van der Waals surface area contributed by atoms with Gasteiger partial charge in [-0.1, -0.05) is 18.2 Å². The molecule has 2 aromatic rings. The van der Waals surface area contributed by atoms with Crippen molar-refractivity contribution < 1.29 is 18.7 Å². The molecule has 1 aliphatic heterocycles. The number of rotatable bonds is 6. The number of halogens is 1. The lowest BCUT2D eigenvalue weighted by Gasteiger charge is -2.31. The Kier molecular flexibility index (Phi) is 7.27. The van der Waals surface area contributed by atoms with Crippen molar-refractivity contribution in [1.29, 1.82) is 0 Å². The van der Waals surface area contributed by atoms with Crippen LogP contribution in [0.3, 0.4) is 0 Å². The number of nitrogens with one attached hydrogen (secondary N) is 2. The lowest BCUT2D eigenvalue weighted by Crippen LogP contribution is -2.45. The smallest absolute Gasteiger partial charge is 0.321 e. The molecule has 160 valence electrons. The maximum Gasteiger partial charge on any atom is 0.321 e. The molecule has 1 heterocycles. The first kappa shape index (κ1) is 21.6. The van der Waals surface area contributed by atoms with Gasteiger partial charge in [0.1, 0.15) is 18.2 Å². The summed E-state index contributed by atoms with van der Waals surface area (Å²) in [6.45, 7) is 5.28. The Hall–Kier alpha value is -3.09. The molecule has 0 aliphatic carbocycles. The second-order valence-electron chi connectivity index (χ2n) is 7.80. The van der Waals surface area contributed by atoms with E-state index in [-0.39, 0.29) is 29.7 Å². The average Bonchev–Trinajstić information content (AvgIpc) is 2.73. The minimum Gasteiger partial charge on any atom is -0.489 e. The van der Waals surface area contributed by atoms with Crippen LogP contribution in [0.15, 0.2) is 48.5 Å². The van der Waals surface area contributed by atoms with E-state index in [0.717, 1.165) is 5.56 Å². The van der Waals surface area contributed by atoms with Gasteiger partial charge < -0.3 is 20.3 Å². The highest BCUT2D eigenvalue weighted by molar-refractivity contribution is 5.89. The maximum absolute atomic E-state index is 13.0. The zero-order chi connectivity index (χ0) is 21.5. The molecule has 7 heteroatoms. The summed E-state index contributed by atoms with van der Waals surface area (Å²) in [7, 11) is 0. The number of nitrogens with zero attached hydrogens (tertiary/aromatic N) is 1. The molecule has 0 bridgehead atoms. The number of carbonyl (C=O) groups is 2. The molecule has 3 amide bonds. The van der Waals surface area contributed by atoms with Gasteiger partial charge in [-0.25, -0.2) is 9.18 Å². The van der Waals surface area contributed by atoms with E-state index in [9.17, 15) is 14.0 Å². The number of anilines is 1. The third-order valence-electron chi connectivity index (χ3n) is 4.99. The van der Waals surface area contributed by atoms with E-state index in [0.29, 0.717) is 44.0 Å². The third-order valence-corrected chi connectivity index (χ3v) is 4.99. The Labute approximate surface area is 176 Å². The Morgan fingerprint density at radius 1 is 1.13 bits per heavy atom. The average molecular weight is 413 g/mol. The number of piperidine rings is 1. The predicted octanol–water partition coefficient (Wildman–Crippen LogP) is 4.17. The van der Waals surface area contributed by atoms with Crippen molar-refractivity contribution in [2.75, 3.05) is 18.4 Å². The number of hydrogen-bond donors (Lipinski definition) is 2. The Morgan fingerprint density at radius 3 is 2.50 bits per heavy atom. The predicted molar refractivity (Wildman–Crippen MR) is 114 cm³/mol. The molecule has 3 rings (SSSR count). The number of hydrogen-bond acceptors (Lipinski definition) is 3. The molecule has 0 atom stereocenters. The number of urea groups is 1. The third kappa shape index (κ3) is 6.20. The number of carbonyl (C=O) groups excluding carboxylic acids is 2. The van der Waals surface area contributed by atoms with Crippen molar-refractivity contribution in [3.05, 3.63) is 59.9 Å². The molecule has 0 spiro atoms. The van der Waals surface area contributed by atoms with Crippen molar-refractivity contribution in [2.24, 2.45) is 5.92 Å². The summed E-state index contributed by atoms with van der Waals surface area (Å²) in [5.41, 5.74) is 1.49. The molecule has 0 radical (unpaired) electrons. The van der Waals surface area contributed by atoms with Crippen LogP contribution in [0.4, 0.5) is 14.9 Å². The molecule has 0 unspecified atom stereocenters. The van der Waals surface area contributed by atoms with Gasteiger partial charge in [-0.05, 0) is 56.5 Å². The summed E-state index contributed by atoms with van der Waals surface area (Å²) >= 11 is 0. The van der Waals surface area contributed by atoms with Gasteiger partial charge in [0.2, 0.25) is 5.91 Å². The number of benzene rings is 2. The molecule has 6 nitrogen and oxygen atoms in total. The molecule has 2 N–H and O–H groups in total. The van der Waals surface area contributed by atoms with Gasteiger partial charge >= 0.3 is 6.03 Å². The molecule has 1 fully saturated rings. The van der Waals surface area contributed by atoms with Crippen LogP contribution in [0.5, 0.6) is 5.75 Å². The molecular formula is C23H28FN3O3. The van der Waals surface area contributed by atoms with E-state index in [1.54, 1.807) is 41.3 Å². The fourth-order valence-corrected chi connectivity index (χ4v) is 3.36. The summed E-state index contributed by atoms with van der Waals surface area (Å²) in [5, 5.41) is 5.83. The van der Waals surface area contributed by atoms with Gasteiger partial charge in [0.15, 0.2) is 0 Å². The van der Waals surface area contributed by atoms with Crippen molar-refractivity contribution in [3.63, 3.8) is 0 Å². The first-order valence-corrected chi connectivity index (χ1v) is 10.2. The van der Waals surface area contributed by atoms with E-state index in [2.05, 4.69) is 10.6 Å². The highest BCUT2D eigenvalue weighted by Crippen LogP contribution is 2.21. The summed E-state index contributed by atoms with van der Waals surface area (Å²) < 4.78 is 18.7. The summed E-state index contributed by atoms with van der Waals surface area (Å²) in [6, 6.07) is 13.2. The van der Waals surface area contributed by atoms with Crippen LogP contribution in [0, 0.1) is 11.7 Å². The van der Waals surface area contributed by atoms with Crippen LogP contribution in [0.1, 0.15) is 32.3 Å². The lowest BCUT2D eigenvalue weighted by atomic mass is 9.96. The van der Waals surface area contributed by atoms with Gasteiger partial charge in [-0.15, -0.1) is 0 Å². The first-order valence-electron chi connectivity index (χ1n) is 10.2. The Morgan fingerprint density at radius 2 is 1.83 bits per heavy atom. The van der Waals surface area contributed by atoms with Gasteiger partial charge in [0.25, 0.3) is 0 Å². The van der Waals surface area contributed by atoms with Gasteiger partial charge in [-0.2, -0.15) is 0 Å². The number of likely N-dealkylation sites (tertiary alicyclic amines) is 1. The Balaban J connectivity index is 1.49. The van der Waals surface area contributed by atoms with Gasteiger partial charge in [-0.3, -0.25) is 4.79 Å². The largest absolute Gasteiger partial charge is 0.489 e. The summed E-state index contributed by atoms with van der Waals surface area (Å²) in [5.74, 6) is 0.352. The highest BCUT2D eigenvalue weighted by atomic mass is 19.1. The topological polar surface area (TPSA) is 70.7 Å². The quantitative estimate of drug-likeness (QED) is 0.747. The number of amides is 3. The standard InChI is InChI=1S/C23H28FN3O3/c1-16(2)25-22(28)18-10-12-27(13-11-18)23(29)26-20-4-3-5-21(14-20)30-15-17-6-8-19(24)9-7-17/h3-9,14,16,18H,10-13,15H2,1-2H3,(H,25,28)(H,26,29). The molecule has 1 aliphatic rings. The van der Waals surface area contributed by atoms with E-state index in [1.807, 2.05) is 13.8 Å². The van der Waals surface area contributed by atoms with E-state index in [1.165, 1.54) is 12.1 Å². The molecular weight excluding hydrogens is 385 g/mol.